The van der Waals surface area contributed by atoms with Crippen LogP contribution in [0.25, 0.3) is 0 Å². The summed E-state index contributed by atoms with van der Waals surface area (Å²) in [6.07, 6.45) is 13.9. The molecule has 0 aromatic heterocycles. The highest BCUT2D eigenvalue weighted by Crippen LogP contribution is 2.46. The van der Waals surface area contributed by atoms with E-state index in [0.29, 0.717) is 42.0 Å². The van der Waals surface area contributed by atoms with Gasteiger partial charge >= 0.3 is 0 Å². The molecule has 3 fully saturated rings. The fraction of sp³-hybridized carbons (Fsp3) is 0.618. The highest BCUT2D eigenvalue weighted by Gasteiger charge is 2.36. The summed E-state index contributed by atoms with van der Waals surface area (Å²) in [4.78, 5) is 14.5. The van der Waals surface area contributed by atoms with Crippen molar-refractivity contribution in [1.82, 2.24) is 10.6 Å². The SMILES string of the molecule is C=CN=C(/C(F)=C1\CC(C2(C)CCNCC2)=NC(CCC2CCCCCCN2)=N1)c1cc(C)cc(Cl)c1C1CC1.CF. The minimum Gasteiger partial charge on any atom is -0.317 e. The second-order valence-corrected chi connectivity index (χ2v) is 12.8. The van der Waals surface area contributed by atoms with Crippen LogP contribution in [0.15, 0.2) is 51.4 Å². The van der Waals surface area contributed by atoms with Crippen molar-refractivity contribution in [3.8, 4) is 0 Å². The molecule has 3 aliphatic heterocycles. The van der Waals surface area contributed by atoms with Crippen molar-refractivity contribution in [2.24, 2.45) is 20.4 Å². The lowest BCUT2D eigenvalue weighted by Crippen LogP contribution is -2.41. The summed E-state index contributed by atoms with van der Waals surface area (Å²) in [5, 5.41) is 7.89. The normalized spacial score (nSPS) is 24.3. The molecular weight excluding hydrogens is 552 g/mol. The first-order valence-electron chi connectivity index (χ1n) is 15.7. The Balaban J connectivity index is 0.00000198. The summed E-state index contributed by atoms with van der Waals surface area (Å²) < 4.78 is 26.3. The minimum atomic E-state index is -0.380. The first-order valence-corrected chi connectivity index (χ1v) is 16.1. The Morgan fingerprint density at radius 2 is 1.83 bits per heavy atom. The van der Waals surface area contributed by atoms with Gasteiger partial charge in [-0.1, -0.05) is 44.4 Å². The topological polar surface area (TPSA) is 61.1 Å². The van der Waals surface area contributed by atoms with Crippen LogP contribution < -0.4 is 10.6 Å². The Kier molecular flexibility index (Phi) is 12.1. The summed E-state index contributed by atoms with van der Waals surface area (Å²) in [7, 11) is 0.500. The molecule has 8 heteroatoms. The van der Waals surface area contributed by atoms with E-state index in [2.05, 4.69) is 29.1 Å². The van der Waals surface area contributed by atoms with Gasteiger partial charge in [0.15, 0.2) is 5.83 Å². The molecule has 5 rings (SSSR count). The van der Waals surface area contributed by atoms with E-state index in [1.165, 1.54) is 38.3 Å². The molecular formula is C34H48ClF2N5. The van der Waals surface area contributed by atoms with Gasteiger partial charge in [-0.05, 0) is 101 Å². The largest absolute Gasteiger partial charge is 0.317 e. The number of hydrogen-bond acceptors (Lipinski definition) is 5. The fourth-order valence-electron chi connectivity index (χ4n) is 6.46. The van der Waals surface area contributed by atoms with E-state index in [0.717, 1.165) is 86.4 Å². The molecule has 1 aliphatic carbocycles. The molecule has 0 bridgehead atoms. The van der Waals surface area contributed by atoms with Crippen molar-refractivity contribution < 1.29 is 8.78 Å². The van der Waals surface area contributed by atoms with Gasteiger partial charge in [0, 0.05) is 46.8 Å². The van der Waals surface area contributed by atoms with E-state index < -0.39 is 0 Å². The molecule has 2 N–H and O–H groups in total. The maximum Gasteiger partial charge on any atom is 0.171 e. The van der Waals surface area contributed by atoms with E-state index in [4.69, 9.17) is 21.6 Å². The van der Waals surface area contributed by atoms with Gasteiger partial charge in [-0.25, -0.2) is 14.4 Å². The minimum absolute atomic E-state index is 0.0714. The van der Waals surface area contributed by atoms with Crippen LogP contribution in [0.3, 0.4) is 0 Å². The van der Waals surface area contributed by atoms with Crippen molar-refractivity contribution >= 4 is 28.9 Å². The predicted molar refractivity (Wildman–Crippen MR) is 174 cm³/mol. The van der Waals surface area contributed by atoms with Crippen LogP contribution in [0.5, 0.6) is 0 Å². The molecule has 1 saturated carbocycles. The zero-order valence-corrected chi connectivity index (χ0v) is 26.4. The summed E-state index contributed by atoms with van der Waals surface area (Å²) in [5.74, 6) is 0.719. The van der Waals surface area contributed by atoms with E-state index >= 15 is 4.39 Å². The van der Waals surface area contributed by atoms with Crippen LogP contribution in [0.4, 0.5) is 8.78 Å². The first-order chi connectivity index (χ1) is 20.4. The second-order valence-electron chi connectivity index (χ2n) is 12.4. The quantitative estimate of drug-likeness (QED) is 0.294. The number of amidine groups is 1. The molecule has 4 aliphatic rings. The van der Waals surface area contributed by atoms with E-state index in [-0.39, 0.29) is 11.2 Å². The Morgan fingerprint density at radius 3 is 2.55 bits per heavy atom. The lowest BCUT2D eigenvalue weighted by Gasteiger charge is -2.36. The molecule has 2 saturated heterocycles. The lowest BCUT2D eigenvalue weighted by atomic mass is 9.74. The summed E-state index contributed by atoms with van der Waals surface area (Å²) in [5.41, 5.74) is 4.46. The van der Waals surface area contributed by atoms with Crippen molar-refractivity contribution in [1.29, 1.82) is 0 Å². The van der Waals surface area contributed by atoms with E-state index in [9.17, 15) is 4.39 Å². The van der Waals surface area contributed by atoms with Crippen molar-refractivity contribution in [3.05, 3.63) is 58.1 Å². The molecule has 0 radical (unpaired) electrons. The number of allylic oxidation sites excluding steroid dienone is 2. The molecule has 230 valence electrons. The maximum atomic E-state index is 16.8. The van der Waals surface area contributed by atoms with Gasteiger partial charge in [-0.2, -0.15) is 0 Å². The standard InChI is InChI=1S/C33H45ClFN5.CH3F/c1-4-37-32(25-19-22(2)20-26(34)30(25)23-10-11-23)31(35)27-21-28(33(3)14-17-36-18-15-33)40-29(39-27)13-12-24-9-7-5-6-8-16-38-24;1-2/h4,19-20,23-24,36,38H,1,5-18,21H2,2-3H3;1H3/b31-27-,37-32?;. The smallest absolute Gasteiger partial charge is 0.171 e. The maximum absolute atomic E-state index is 16.8. The number of nitrogens with zero attached hydrogens (tertiary/aromatic N) is 3. The summed E-state index contributed by atoms with van der Waals surface area (Å²) in [6.45, 7) is 11.1. The number of piperidine rings is 1. The van der Waals surface area contributed by atoms with Gasteiger partial charge in [0.05, 0.1) is 12.9 Å². The van der Waals surface area contributed by atoms with Gasteiger partial charge < -0.3 is 10.6 Å². The van der Waals surface area contributed by atoms with Crippen molar-refractivity contribution in [2.45, 2.75) is 103 Å². The third-order valence-electron chi connectivity index (χ3n) is 9.09. The fourth-order valence-corrected chi connectivity index (χ4v) is 6.89. The molecule has 1 aromatic carbocycles. The number of rotatable bonds is 8. The van der Waals surface area contributed by atoms with Crippen LogP contribution >= 0.6 is 11.6 Å². The van der Waals surface area contributed by atoms with Crippen LogP contribution in [0.1, 0.15) is 107 Å². The molecule has 5 nitrogen and oxygen atoms in total. The number of hydrogen-bond donors (Lipinski definition) is 2. The molecule has 3 heterocycles. The number of aryl methyl sites for hydroxylation is 1. The van der Waals surface area contributed by atoms with Crippen molar-refractivity contribution in [2.75, 3.05) is 26.8 Å². The van der Waals surface area contributed by atoms with Crippen LogP contribution in [-0.2, 0) is 0 Å². The molecule has 1 atom stereocenters. The number of benzene rings is 1. The van der Waals surface area contributed by atoms with Crippen LogP contribution in [-0.4, -0.2) is 50.1 Å². The second kappa shape index (κ2) is 15.5. The summed E-state index contributed by atoms with van der Waals surface area (Å²) >= 11 is 6.73. The Bertz CT molecular complexity index is 1220. The molecule has 1 unspecified atom stereocenters. The van der Waals surface area contributed by atoms with Crippen LogP contribution in [0.2, 0.25) is 5.02 Å². The third-order valence-corrected chi connectivity index (χ3v) is 9.40. The van der Waals surface area contributed by atoms with E-state index in [1.807, 2.05) is 19.1 Å². The Labute approximate surface area is 256 Å². The Hall–Kier alpha value is -2.22. The highest BCUT2D eigenvalue weighted by atomic mass is 35.5. The highest BCUT2D eigenvalue weighted by molar-refractivity contribution is 6.32. The lowest BCUT2D eigenvalue weighted by molar-refractivity contribution is 0.324. The molecule has 0 spiro atoms. The van der Waals surface area contributed by atoms with Gasteiger partial charge in [0.1, 0.15) is 11.5 Å². The molecule has 1 aromatic rings. The van der Waals surface area contributed by atoms with Gasteiger partial charge in [-0.3, -0.25) is 9.38 Å². The average molecular weight is 600 g/mol. The zero-order valence-electron chi connectivity index (χ0n) is 25.7. The predicted octanol–water partition coefficient (Wildman–Crippen LogP) is 8.56. The number of nitrogens with one attached hydrogen (secondary N) is 2. The molecule has 0 amide bonds. The van der Waals surface area contributed by atoms with Crippen LogP contribution in [0, 0.1) is 12.3 Å². The van der Waals surface area contributed by atoms with Gasteiger partial charge in [0.25, 0.3) is 0 Å². The number of aliphatic imine (C=N–C) groups is 3. The summed E-state index contributed by atoms with van der Waals surface area (Å²) in [6, 6.07) is 4.45. The zero-order chi connectivity index (χ0) is 30.1. The van der Waals surface area contributed by atoms with Gasteiger partial charge in [-0.15, -0.1) is 0 Å². The third kappa shape index (κ3) is 8.23. The number of halogens is 3. The number of alkyl halides is 1. The average Bonchev–Trinajstić information content (AvgIpc) is 3.81. The van der Waals surface area contributed by atoms with Crippen molar-refractivity contribution in [3.63, 3.8) is 0 Å². The Morgan fingerprint density at radius 1 is 1.10 bits per heavy atom. The molecule has 42 heavy (non-hydrogen) atoms. The monoisotopic (exact) mass is 599 g/mol. The van der Waals surface area contributed by atoms with E-state index in [1.54, 1.807) is 0 Å². The first kappa shape index (κ1) is 32.7. The van der Waals surface area contributed by atoms with Gasteiger partial charge in [0.2, 0.25) is 0 Å².